The number of amidine groups is 1. The lowest BCUT2D eigenvalue weighted by atomic mass is 10.2. The molecule has 94 valence electrons. The van der Waals surface area contributed by atoms with Crippen LogP contribution in [0.4, 0.5) is 0 Å². The van der Waals surface area contributed by atoms with Crippen LogP contribution in [0.1, 0.15) is 25.8 Å². The molecule has 1 amide bonds. The highest BCUT2D eigenvalue weighted by Crippen LogP contribution is 2.18. The Morgan fingerprint density at radius 3 is 2.89 bits per heavy atom. The molecule has 0 aromatic heterocycles. The Balaban J connectivity index is 2.25. The molecule has 18 heavy (non-hydrogen) atoms. The predicted molar refractivity (Wildman–Crippen MR) is 71.5 cm³/mol. The second-order valence-electron chi connectivity index (χ2n) is 3.90. The molecule has 4 heteroatoms. The fraction of sp³-hybridized carbons (Fsp3) is 0.286. The molecule has 0 saturated heterocycles. The van der Waals surface area contributed by atoms with E-state index in [0.29, 0.717) is 18.1 Å². The van der Waals surface area contributed by atoms with Crippen LogP contribution < -0.4 is 10.1 Å². The van der Waals surface area contributed by atoms with Gasteiger partial charge in [0.15, 0.2) is 0 Å². The summed E-state index contributed by atoms with van der Waals surface area (Å²) in [6.07, 6.45) is 2.49. The van der Waals surface area contributed by atoms with Crippen LogP contribution in [0.5, 0.6) is 5.75 Å². The number of carbonyl (C=O) groups is 1. The van der Waals surface area contributed by atoms with E-state index in [9.17, 15) is 4.79 Å². The Labute approximate surface area is 106 Å². The van der Waals surface area contributed by atoms with Crippen molar-refractivity contribution in [3.63, 3.8) is 0 Å². The molecular weight excluding hydrogens is 228 g/mol. The molecule has 0 saturated carbocycles. The number of carbonyl (C=O) groups excluding carboxylic acids is 1. The first-order valence-corrected chi connectivity index (χ1v) is 6.06. The summed E-state index contributed by atoms with van der Waals surface area (Å²) in [6.45, 7) is 4.52. The zero-order valence-corrected chi connectivity index (χ0v) is 10.6. The summed E-state index contributed by atoms with van der Waals surface area (Å²) in [7, 11) is 0. The normalized spacial score (nSPS) is 16.7. The molecule has 1 N–H and O–H groups in total. The highest BCUT2D eigenvalue weighted by molar-refractivity contribution is 6.14. The third-order valence-electron chi connectivity index (χ3n) is 2.55. The molecule has 0 bridgehead atoms. The Morgan fingerprint density at radius 2 is 2.22 bits per heavy atom. The maximum absolute atomic E-state index is 11.6. The highest BCUT2D eigenvalue weighted by atomic mass is 16.5. The van der Waals surface area contributed by atoms with Gasteiger partial charge in [0, 0.05) is 6.42 Å². The number of nitrogens with zero attached hydrogens (tertiary/aromatic N) is 1. The summed E-state index contributed by atoms with van der Waals surface area (Å²) in [6, 6.07) is 7.60. The molecule has 0 spiro atoms. The van der Waals surface area contributed by atoms with Crippen LogP contribution in [0.3, 0.4) is 0 Å². The van der Waals surface area contributed by atoms with Gasteiger partial charge in [0.25, 0.3) is 5.91 Å². The SMILES string of the molecule is CCOc1cccc(/C=C2/N=C(CC)NC2=O)c1. The minimum absolute atomic E-state index is 0.145. The Bertz CT molecular complexity index is 518. The number of benzene rings is 1. The topological polar surface area (TPSA) is 50.7 Å². The number of nitrogens with one attached hydrogen (secondary N) is 1. The van der Waals surface area contributed by atoms with Crippen molar-refractivity contribution in [3.05, 3.63) is 35.5 Å². The molecule has 1 aliphatic heterocycles. The summed E-state index contributed by atoms with van der Waals surface area (Å²) in [5, 5.41) is 2.73. The third-order valence-corrected chi connectivity index (χ3v) is 2.55. The number of hydrogen-bond acceptors (Lipinski definition) is 3. The first kappa shape index (κ1) is 12.4. The highest BCUT2D eigenvalue weighted by Gasteiger charge is 2.18. The van der Waals surface area contributed by atoms with E-state index in [-0.39, 0.29) is 5.91 Å². The monoisotopic (exact) mass is 244 g/mol. The number of aliphatic imine (C=N–C) groups is 1. The minimum atomic E-state index is -0.145. The van der Waals surface area contributed by atoms with Gasteiger partial charge in [-0.3, -0.25) is 4.79 Å². The van der Waals surface area contributed by atoms with Gasteiger partial charge in [-0.15, -0.1) is 0 Å². The van der Waals surface area contributed by atoms with Gasteiger partial charge in [0.05, 0.1) is 6.61 Å². The molecular formula is C14H16N2O2. The molecule has 2 rings (SSSR count). The number of hydrogen-bond donors (Lipinski definition) is 1. The summed E-state index contributed by atoms with van der Waals surface area (Å²) >= 11 is 0. The number of ether oxygens (including phenoxy) is 1. The fourth-order valence-corrected chi connectivity index (χ4v) is 1.70. The molecule has 0 aliphatic carbocycles. The molecule has 1 aromatic carbocycles. The number of amides is 1. The largest absolute Gasteiger partial charge is 0.494 e. The molecule has 1 heterocycles. The third kappa shape index (κ3) is 2.77. The first-order valence-electron chi connectivity index (χ1n) is 6.06. The van der Waals surface area contributed by atoms with E-state index >= 15 is 0 Å². The average Bonchev–Trinajstić information content (AvgIpc) is 2.71. The zero-order chi connectivity index (χ0) is 13.0. The lowest BCUT2D eigenvalue weighted by Gasteiger charge is -2.03. The van der Waals surface area contributed by atoms with Crippen LogP contribution >= 0.6 is 0 Å². The van der Waals surface area contributed by atoms with Crippen molar-refractivity contribution in [2.75, 3.05) is 6.61 Å². The van der Waals surface area contributed by atoms with Crippen molar-refractivity contribution in [2.24, 2.45) is 4.99 Å². The molecule has 0 fully saturated rings. The van der Waals surface area contributed by atoms with Crippen LogP contribution in [0.15, 0.2) is 35.0 Å². The van der Waals surface area contributed by atoms with Crippen LogP contribution in [0, 0.1) is 0 Å². The van der Waals surface area contributed by atoms with E-state index < -0.39 is 0 Å². The quantitative estimate of drug-likeness (QED) is 0.827. The molecule has 4 nitrogen and oxygen atoms in total. The summed E-state index contributed by atoms with van der Waals surface area (Å²) < 4.78 is 5.41. The van der Waals surface area contributed by atoms with Crippen molar-refractivity contribution in [2.45, 2.75) is 20.3 Å². The van der Waals surface area contributed by atoms with E-state index in [0.717, 1.165) is 17.7 Å². The van der Waals surface area contributed by atoms with Crippen LogP contribution in [0.2, 0.25) is 0 Å². The Hall–Kier alpha value is -2.10. The van der Waals surface area contributed by atoms with Gasteiger partial charge in [-0.25, -0.2) is 4.99 Å². The minimum Gasteiger partial charge on any atom is -0.494 e. The lowest BCUT2D eigenvalue weighted by molar-refractivity contribution is -0.115. The van der Waals surface area contributed by atoms with Gasteiger partial charge in [-0.05, 0) is 30.7 Å². The van der Waals surface area contributed by atoms with Gasteiger partial charge in [-0.2, -0.15) is 0 Å². The van der Waals surface area contributed by atoms with E-state index in [2.05, 4.69) is 10.3 Å². The Kier molecular flexibility index (Phi) is 3.77. The van der Waals surface area contributed by atoms with Gasteiger partial charge in [0.2, 0.25) is 0 Å². The van der Waals surface area contributed by atoms with Gasteiger partial charge in [0.1, 0.15) is 17.3 Å². The second-order valence-corrected chi connectivity index (χ2v) is 3.90. The van der Waals surface area contributed by atoms with E-state index in [4.69, 9.17) is 4.74 Å². The van der Waals surface area contributed by atoms with Crippen molar-refractivity contribution in [1.82, 2.24) is 5.32 Å². The molecule has 1 aliphatic rings. The number of rotatable bonds is 4. The van der Waals surface area contributed by atoms with E-state index in [1.807, 2.05) is 38.1 Å². The smallest absolute Gasteiger partial charge is 0.275 e. The van der Waals surface area contributed by atoms with Crippen molar-refractivity contribution >= 4 is 17.8 Å². The summed E-state index contributed by atoms with van der Waals surface area (Å²) in [5.74, 6) is 1.37. The summed E-state index contributed by atoms with van der Waals surface area (Å²) in [4.78, 5) is 15.9. The van der Waals surface area contributed by atoms with Gasteiger partial charge >= 0.3 is 0 Å². The standard InChI is InChI=1S/C14H16N2O2/c1-3-13-15-12(14(17)16-13)9-10-6-5-7-11(8-10)18-4-2/h5-9H,3-4H2,1-2H3,(H,15,16,17)/b12-9+. The zero-order valence-electron chi connectivity index (χ0n) is 10.6. The van der Waals surface area contributed by atoms with Crippen molar-refractivity contribution in [1.29, 1.82) is 0 Å². The molecule has 0 atom stereocenters. The molecule has 0 radical (unpaired) electrons. The maximum atomic E-state index is 11.6. The predicted octanol–water partition coefficient (Wildman–Crippen LogP) is 2.36. The van der Waals surface area contributed by atoms with Crippen LogP contribution in [-0.4, -0.2) is 18.3 Å². The van der Waals surface area contributed by atoms with Crippen LogP contribution in [-0.2, 0) is 4.79 Å². The Morgan fingerprint density at radius 1 is 1.39 bits per heavy atom. The van der Waals surface area contributed by atoms with Gasteiger partial charge < -0.3 is 10.1 Å². The van der Waals surface area contributed by atoms with Crippen molar-refractivity contribution < 1.29 is 9.53 Å². The molecule has 1 aromatic rings. The first-order chi connectivity index (χ1) is 8.72. The molecule has 0 unspecified atom stereocenters. The maximum Gasteiger partial charge on any atom is 0.275 e. The average molecular weight is 244 g/mol. The second kappa shape index (κ2) is 5.49. The van der Waals surface area contributed by atoms with E-state index in [1.54, 1.807) is 6.08 Å². The van der Waals surface area contributed by atoms with Gasteiger partial charge in [-0.1, -0.05) is 19.1 Å². The van der Waals surface area contributed by atoms with Crippen molar-refractivity contribution in [3.8, 4) is 5.75 Å². The van der Waals surface area contributed by atoms with E-state index in [1.165, 1.54) is 0 Å². The van der Waals surface area contributed by atoms with Crippen LogP contribution in [0.25, 0.3) is 6.08 Å². The fourth-order valence-electron chi connectivity index (χ4n) is 1.70. The lowest BCUT2D eigenvalue weighted by Crippen LogP contribution is -2.22. The summed E-state index contributed by atoms with van der Waals surface area (Å²) in [5.41, 5.74) is 1.35.